The Morgan fingerprint density at radius 1 is 0.978 bits per heavy atom. The van der Waals surface area contributed by atoms with Crippen LogP contribution in [0.2, 0.25) is 0 Å². The lowest BCUT2D eigenvalue weighted by atomic mass is 9.95. The lowest BCUT2D eigenvalue weighted by molar-refractivity contribution is -0.376. The van der Waals surface area contributed by atoms with Gasteiger partial charge in [-0.15, -0.1) is 12.6 Å². The van der Waals surface area contributed by atoms with Crippen LogP contribution in [0, 0.1) is 0 Å². The molecule has 0 amide bonds. The number of halogens is 6. The first kappa shape index (κ1) is 34.5. The average Bonchev–Trinajstić information content (AvgIpc) is 2.95. The SMILES string of the molecule is CS(=O)(=O)N(C[C@H]1CN(S(=O)(=O)c2cc(N)ccc2S)CCN1c1ncc(C(O)(C(F)(F)F)C(F)(F)F)cn1)c1ccccc1. The zero-order valence-electron chi connectivity index (χ0n) is 23.1. The topological polar surface area (TPSA) is 150 Å². The maximum absolute atomic E-state index is 13.6. The molecule has 1 fully saturated rings. The summed E-state index contributed by atoms with van der Waals surface area (Å²) in [5, 5.41) is 9.71. The van der Waals surface area contributed by atoms with E-state index in [0.29, 0.717) is 0 Å². The number of thiol groups is 1. The summed E-state index contributed by atoms with van der Waals surface area (Å²) in [6, 6.07) is 10.6. The van der Waals surface area contributed by atoms with Gasteiger partial charge in [-0.25, -0.2) is 26.8 Å². The van der Waals surface area contributed by atoms with Crippen LogP contribution in [0.4, 0.5) is 43.7 Å². The smallest absolute Gasteiger partial charge is 0.399 e. The minimum absolute atomic E-state index is 0.0750. The van der Waals surface area contributed by atoms with Crippen LogP contribution < -0.4 is 14.9 Å². The standard InChI is InChI=1S/C25H26F6N6O5S3/c1-44(39,40)37(18-5-3-2-4-6-18)15-19-14-35(45(41,42)21-11-17(32)7-8-20(21)43)9-10-36(19)22-33-12-16(13-34-22)23(38,24(26,27)28)25(29,30)31/h2-8,11-13,19,38,43H,9-10,14-15,32H2,1H3/t19-/m1/s1. The summed E-state index contributed by atoms with van der Waals surface area (Å²) in [4.78, 5) is 8.40. The van der Waals surface area contributed by atoms with Crippen molar-refractivity contribution in [2.75, 3.05) is 47.4 Å². The van der Waals surface area contributed by atoms with Gasteiger partial charge in [0.05, 0.1) is 29.4 Å². The van der Waals surface area contributed by atoms with Gasteiger partial charge in [0.15, 0.2) is 0 Å². The van der Waals surface area contributed by atoms with E-state index in [1.807, 2.05) is 0 Å². The number of nitrogen functional groups attached to an aromatic ring is 1. The van der Waals surface area contributed by atoms with Crippen LogP contribution in [0.25, 0.3) is 0 Å². The number of aromatic nitrogens is 2. The molecule has 0 bridgehead atoms. The lowest BCUT2D eigenvalue weighted by Crippen LogP contribution is -2.59. The summed E-state index contributed by atoms with van der Waals surface area (Å²) in [6.45, 7) is -1.38. The highest BCUT2D eigenvalue weighted by Crippen LogP contribution is 2.49. The molecule has 3 N–H and O–H groups in total. The maximum atomic E-state index is 13.6. The van der Waals surface area contributed by atoms with Gasteiger partial charge in [0.1, 0.15) is 0 Å². The molecule has 4 rings (SSSR count). The molecule has 0 spiro atoms. The van der Waals surface area contributed by atoms with Crippen molar-refractivity contribution >= 4 is 50.0 Å². The van der Waals surface area contributed by atoms with Crippen molar-refractivity contribution in [1.29, 1.82) is 0 Å². The monoisotopic (exact) mass is 700 g/mol. The Labute approximate surface area is 259 Å². The van der Waals surface area contributed by atoms with Gasteiger partial charge in [-0.05, 0) is 30.3 Å². The average molecular weight is 701 g/mol. The number of benzene rings is 2. The van der Waals surface area contributed by atoms with E-state index in [0.717, 1.165) is 14.9 Å². The number of hydrogen-bond acceptors (Lipinski definition) is 10. The predicted octanol–water partition coefficient (Wildman–Crippen LogP) is 3.01. The van der Waals surface area contributed by atoms with Crippen molar-refractivity contribution in [2.45, 2.75) is 33.8 Å². The minimum atomic E-state index is -6.17. The van der Waals surface area contributed by atoms with Crippen LogP contribution in [0.3, 0.4) is 0 Å². The van der Waals surface area contributed by atoms with Crippen LogP contribution in [-0.4, -0.2) is 87.0 Å². The molecule has 1 saturated heterocycles. The van der Waals surface area contributed by atoms with Gasteiger partial charge in [-0.2, -0.15) is 30.6 Å². The number of piperazine rings is 1. The van der Waals surface area contributed by atoms with Gasteiger partial charge < -0.3 is 15.7 Å². The first-order chi connectivity index (χ1) is 20.7. The van der Waals surface area contributed by atoms with Crippen molar-refractivity contribution in [2.24, 2.45) is 0 Å². The largest absolute Gasteiger partial charge is 0.430 e. The second-order valence-corrected chi connectivity index (χ2v) is 14.3. The van der Waals surface area contributed by atoms with Crippen LogP contribution in [0.5, 0.6) is 0 Å². The number of alkyl halides is 6. The molecule has 20 heteroatoms. The van der Waals surface area contributed by atoms with Gasteiger partial charge in [-0.1, -0.05) is 18.2 Å². The summed E-state index contributed by atoms with van der Waals surface area (Å²) in [5.41, 5.74) is -0.866. The Morgan fingerprint density at radius 2 is 1.56 bits per heavy atom. The normalized spacial score (nSPS) is 17.4. The Hall–Kier alpha value is -3.33. The number of sulfonamides is 2. The number of para-hydroxylation sites is 1. The summed E-state index contributed by atoms with van der Waals surface area (Å²) in [5.74, 6) is -0.437. The first-order valence-corrected chi connectivity index (χ1v) is 16.5. The number of nitrogens with two attached hydrogens (primary N) is 1. The van der Waals surface area contributed by atoms with Gasteiger partial charge in [0.25, 0.3) is 5.60 Å². The molecule has 1 atom stereocenters. The molecule has 0 unspecified atom stereocenters. The summed E-state index contributed by atoms with van der Waals surface area (Å²) in [7, 11) is -8.30. The highest BCUT2D eigenvalue weighted by Gasteiger charge is 2.71. The molecule has 1 aliphatic heterocycles. The Kier molecular flexibility index (Phi) is 9.30. The third-order valence-corrected chi connectivity index (χ3v) is 10.6. The third kappa shape index (κ3) is 6.79. The Morgan fingerprint density at radius 3 is 2.09 bits per heavy atom. The minimum Gasteiger partial charge on any atom is -0.399 e. The van der Waals surface area contributed by atoms with Gasteiger partial charge in [-0.3, -0.25) is 4.31 Å². The van der Waals surface area contributed by atoms with Crippen molar-refractivity contribution in [3.05, 3.63) is 66.5 Å². The number of aliphatic hydroxyl groups is 1. The van der Waals surface area contributed by atoms with E-state index in [1.165, 1.54) is 35.2 Å². The van der Waals surface area contributed by atoms with Crippen molar-refractivity contribution in [3.63, 3.8) is 0 Å². The fraction of sp³-hybridized carbons (Fsp3) is 0.360. The Balaban J connectivity index is 1.77. The quantitative estimate of drug-likeness (QED) is 0.183. The molecule has 11 nitrogen and oxygen atoms in total. The van der Waals surface area contributed by atoms with Crippen molar-refractivity contribution in [1.82, 2.24) is 14.3 Å². The van der Waals surface area contributed by atoms with E-state index in [-0.39, 0.29) is 46.6 Å². The molecule has 2 heterocycles. The maximum Gasteiger partial charge on any atom is 0.430 e. The summed E-state index contributed by atoms with van der Waals surface area (Å²) in [6.07, 6.45) is -11.1. The van der Waals surface area contributed by atoms with E-state index in [4.69, 9.17) is 5.73 Å². The van der Waals surface area contributed by atoms with E-state index >= 15 is 0 Å². The zero-order chi connectivity index (χ0) is 33.6. The van der Waals surface area contributed by atoms with E-state index in [9.17, 15) is 48.3 Å². The number of rotatable bonds is 8. The predicted molar refractivity (Wildman–Crippen MR) is 155 cm³/mol. The summed E-state index contributed by atoms with van der Waals surface area (Å²) >= 11 is 4.21. The van der Waals surface area contributed by atoms with Crippen LogP contribution in [-0.2, 0) is 25.6 Å². The summed E-state index contributed by atoms with van der Waals surface area (Å²) < 4.78 is 135. The molecule has 1 aromatic heterocycles. The molecule has 0 aliphatic carbocycles. The first-order valence-electron chi connectivity index (χ1n) is 12.7. The molecule has 0 saturated carbocycles. The molecule has 3 aromatic rings. The zero-order valence-corrected chi connectivity index (χ0v) is 25.6. The van der Waals surface area contributed by atoms with Crippen LogP contribution in [0.1, 0.15) is 5.56 Å². The Bertz CT molecular complexity index is 1730. The van der Waals surface area contributed by atoms with E-state index < -0.39 is 68.6 Å². The highest BCUT2D eigenvalue weighted by molar-refractivity contribution is 7.92. The molecule has 1 aliphatic rings. The highest BCUT2D eigenvalue weighted by atomic mass is 32.2. The second kappa shape index (κ2) is 12.1. The molecular weight excluding hydrogens is 675 g/mol. The van der Waals surface area contributed by atoms with Crippen LogP contribution in [0.15, 0.2) is 70.7 Å². The third-order valence-electron chi connectivity index (χ3n) is 7.00. The van der Waals surface area contributed by atoms with Crippen LogP contribution >= 0.6 is 12.6 Å². The van der Waals surface area contributed by atoms with Crippen molar-refractivity contribution < 1.29 is 48.3 Å². The van der Waals surface area contributed by atoms with Gasteiger partial charge >= 0.3 is 12.4 Å². The number of hydrogen-bond donors (Lipinski definition) is 3. The fourth-order valence-corrected chi connectivity index (χ4v) is 7.72. The fourth-order valence-electron chi connectivity index (χ4n) is 4.70. The van der Waals surface area contributed by atoms with E-state index in [1.54, 1.807) is 18.2 Å². The molecule has 246 valence electrons. The molecule has 45 heavy (non-hydrogen) atoms. The number of nitrogens with zero attached hydrogens (tertiary/aromatic N) is 5. The molecule has 2 aromatic carbocycles. The lowest BCUT2D eigenvalue weighted by Gasteiger charge is -2.42. The van der Waals surface area contributed by atoms with Gasteiger partial charge in [0.2, 0.25) is 26.0 Å². The molecule has 0 radical (unpaired) electrons. The second-order valence-electron chi connectivity index (χ2n) is 10.0. The van der Waals surface area contributed by atoms with Crippen molar-refractivity contribution in [3.8, 4) is 0 Å². The number of anilines is 3. The van der Waals surface area contributed by atoms with Gasteiger partial charge in [0, 0.05) is 48.2 Å². The van der Waals surface area contributed by atoms with E-state index in [2.05, 4.69) is 22.6 Å². The molecular formula is C25H26F6N6O5S3.